The maximum Gasteiger partial charge on any atom is 0.194 e. The minimum absolute atomic E-state index is 0.349. The molecule has 2 saturated heterocycles. The van der Waals surface area contributed by atoms with Crippen LogP contribution in [-0.4, -0.2) is 99.5 Å². The van der Waals surface area contributed by atoms with Gasteiger partial charge in [-0.2, -0.15) is 0 Å². The average molecular weight is 447 g/mol. The molecule has 0 amide bonds. The van der Waals surface area contributed by atoms with E-state index in [4.69, 9.17) is 19.5 Å². The van der Waals surface area contributed by atoms with Crippen LogP contribution in [0.3, 0.4) is 0 Å². The van der Waals surface area contributed by atoms with Crippen molar-refractivity contribution in [2.75, 3.05) is 77.6 Å². The smallest absolute Gasteiger partial charge is 0.194 e. The highest BCUT2D eigenvalue weighted by atomic mass is 16.5. The number of pyridine rings is 1. The molecule has 2 aliphatic heterocycles. The fourth-order valence-corrected chi connectivity index (χ4v) is 4.27. The Bertz CT molecular complexity index is 668. The summed E-state index contributed by atoms with van der Waals surface area (Å²) in [4.78, 5) is 16.8. The fourth-order valence-electron chi connectivity index (χ4n) is 4.27. The third-order valence-electron chi connectivity index (χ3n) is 6.29. The Labute approximate surface area is 194 Å². The van der Waals surface area contributed by atoms with Gasteiger partial charge in [0.15, 0.2) is 5.96 Å². The number of guanidine groups is 1. The molecule has 32 heavy (non-hydrogen) atoms. The normalized spacial score (nSPS) is 18.9. The van der Waals surface area contributed by atoms with Gasteiger partial charge in [0, 0.05) is 72.3 Å². The van der Waals surface area contributed by atoms with E-state index in [1.54, 1.807) is 7.11 Å². The Morgan fingerprint density at radius 2 is 1.88 bits per heavy atom. The molecule has 3 rings (SSSR count). The Morgan fingerprint density at radius 1 is 1.09 bits per heavy atom. The first-order valence-electron chi connectivity index (χ1n) is 12.3. The molecule has 0 radical (unpaired) electrons. The summed E-state index contributed by atoms with van der Waals surface area (Å²) in [5.41, 5.74) is 1.15. The Balaban J connectivity index is 1.47. The van der Waals surface area contributed by atoms with Gasteiger partial charge < -0.3 is 29.5 Å². The number of anilines is 1. The lowest BCUT2D eigenvalue weighted by Gasteiger charge is -2.34. The fraction of sp³-hybridized carbons (Fsp3) is 0.750. The van der Waals surface area contributed by atoms with E-state index in [0.29, 0.717) is 12.6 Å². The van der Waals surface area contributed by atoms with E-state index in [-0.39, 0.29) is 0 Å². The zero-order valence-electron chi connectivity index (χ0n) is 20.3. The molecule has 8 heteroatoms. The molecule has 0 atom stereocenters. The second-order valence-electron chi connectivity index (χ2n) is 8.52. The van der Waals surface area contributed by atoms with E-state index in [2.05, 4.69) is 46.0 Å². The van der Waals surface area contributed by atoms with E-state index in [9.17, 15) is 0 Å². The van der Waals surface area contributed by atoms with Crippen molar-refractivity contribution < 1.29 is 9.47 Å². The number of aromatic nitrogens is 1. The molecule has 0 aromatic carbocycles. The first-order valence-corrected chi connectivity index (χ1v) is 12.3. The van der Waals surface area contributed by atoms with Gasteiger partial charge in [-0.1, -0.05) is 13.0 Å². The molecule has 1 aromatic rings. The number of likely N-dealkylation sites (tertiary alicyclic amines) is 1. The van der Waals surface area contributed by atoms with Crippen LogP contribution in [0.1, 0.15) is 38.7 Å². The van der Waals surface area contributed by atoms with Crippen LogP contribution in [-0.2, 0) is 16.0 Å². The van der Waals surface area contributed by atoms with Gasteiger partial charge in [-0.05, 0) is 44.4 Å². The SMILES string of the molecule is CCNC(=NCc1ccc(N2CCN(CC)CC2)nc1)N1CCC(OCCCOC)CC1. The minimum Gasteiger partial charge on any atom is -0.385 e. The molecule has 3 heterocycles. The van der Waals surface area contributed by atoms with Gasteiger partial charge in [-0.15, -0.1) is 0 Å². The molecule has 0 saturated carbocycles. The maximum absolute atomic E-state index is 5.99. The number of likely N-dealkylation sites (N-methyl/N-ethyl adjacent to an activating group) is 1. The summed E-state index contributed by atoms with van der Waals surface area (Å²) in [6.07, 6.45) is 5.37. The van der Waals surface area contributed by atoms with E-state index < -0.39 is 0 Å². The predicted molar refractivity (Wildman–Crippen MR) is 130 cm³/mol. The van der Waals surface area contributed by atoms with E-state index in [1.165, 1.54) is 0 Å². The highest BCUT2D eigenvalue weighted by Gasteiger charge is 2.22. The zero-order valence-corrected chi connectivity index (χ0v) is 20.3. The molecule has 180 valence electrons. The molecule has 0 bridgehead atoms. The molecular formula is C24H42N6O2. The van der Waals surface area contributed by atoms with Crippen LogP contribution >= 0.6 is 0 Å². The number of methoxy groups -OCH3 is 1. The molecule has 8 nitrogen and oxygen atoms in total. The Kier molecular flexibility index (Phi) is 10.5. The van der Waals surface area contributed by atoms with Crippen LogP contribution in [0.4, 0.5) is 5.82 Å². The monoisotopic (exact) mass is 446 g/mol. The summed E-state index contributed by atoms with van der Waals surface area (Å²) in [5, 5.41) is 3.46. The number of ether oxygens (including phenoxy) is 2. The van der Waals surface area contributed by atoms with Crippen molar-refractivity contribution in [3.05, 3.63) is 23.9 Å². The van der Waals surface area contributed by atoms with Crippen molar-refractivity contribution in [2.45, 2.75) is 45.8 Å². The molecule has 2 aliphatic rings. The third-order valence-corrected chi connectivity index (χ3v) is 6.29. The Morgan fingerprint density at radius 3 is 2.50 bits per heavy atom. The lowest BCUT2D eigenvalue weighted by atomic mass is 10.1. The number of piperidine rings is 1. The molecule has 0 aliphatic carbocycles. The van der Waals surface area contributed by atoms with Gasteiger partial charge in [-0.25, -0.2) is 9.98 Å². The van der Waals surface area contributed by atoms with Gasteiger partial charge >= 0.3 is 0 Å². The summed E-state index contributed by atoms with van der Waals surface area (Å²) < 4.78 is 11.1. The highest BCUT2D eigenvalue weighted by Crippen LogP contribution is 2.16. The summed E-state index contributed by atoms with van der Waals surface area (Å²) in [7, 11) is 1.74. The van der Waals surface area contributed by atoms with Crippen LogP contribution in [0, 0.1) is 0 Å². The van der Waals surface area contributed by atoms with Gasteiger partial charge in [-0.3, -0.25) is 0 Å². The summed E-state index contributed by atoms with van der Waals surface area (Å²) in [6.45, 7) is 14.8. The summed E-state index contributed by atoms with van der Waals surface area (Å²) in [6, 6.07) is 4.31. The molecule has 1 N–H and O–H groups in total. The topological polar surface area (TPSA) is 65.5 Å². The first-order chi connectivity index (χ1) is 15.7. The largest absolute Gasteiger partial charge is 0.385 e. The lowest BCUT2D eigenvalue weighted by molar-refractivity contribution is 0.00990. The average Bonchev–Trinajstić information content (AvgIpc) is 2.85. The van der Waals surface area contributed by atoms with Gasteiger partial charge in [0.2, 0.25) is 0 Å². The number of aliphatic imine (C=N–C) groups is 1. The van der Waals surface area contributed by atoms with Crippen LogP contribution in [0.15, 0.2) is 23.3 Å². The van der Waals surface area contributed by atoms with Gasteiger partial charge in [0.1, 0.15) is 5.82 Å². The summed E-state index contributed by atoms with van der Waals surface area (Å²) in [5.74, 6) is 2.07. The Hall–Kier alpha value is -1.90. The van der Waals surface area contributed by atoms with Crippen molar-refractivity contribution in [2.24, 2.45) is 4.99 Å². The number of nitrogens with one attached hydrogen (secondary N) is 1. The maximum atomic E-state index is 5.99. The second-order valence-corrected chi connectivity index (χ2v) is 8.52. The lowest BCUT2D eigenvalue weighted by Crippen LogP contribution is -2.47. The van der Waals surface area contributed by atoms with E-state index in [1.807, 2.05) is 6.20 Å². The number of rotatable bonds is 10. The van der Waals surface area contributed by atoms with Crippen LogP contribution in [0.25, 0.3) is 0 Å². The molecule has 1 aromatic heterocycles. The van der Waals surface area contributed by atoms with Crippen molar-refractivity contribution in [3.63, 3.8) is 0 Å². The van der Waals surface area contributed by atoms with Gasteiger partial charge in [0.05, 0.1) is 12.6 Å². The number of hydrogen-bond acceptors (Lipinski definition) is 6. The van der Waals surface area contributed by atoms with Crippen molar-refractivity contribution in [1.29, 1.82) is 0 Å². The van der Waals surface area contributed by atoms with Crippen LogP contribution in [0.2, 0.25) is 0 Å². The van der Waals surface area contributed by atoms with Crippen molar-refractivity contribution >= 4 is 11.8 Å². The molecular weight excluding hydrogens is 404 g/mol. The number of hydrogen-bond donors (Lipinski definition) is 1. The van der Waals surface area contributed by atoms with Crippen LogP contribution < -0.4 is 10.2 Å². The standard InChI is InChI=1S/C24H42N6O2/c1-4-25-24(30-11-9-22(10-12-30)32-18-6-17-31-3)27-20-21-7-8-23(26-19-21)29-15-13-28(5-2)14-16-29/h7-8,19,22H,4-6,9-18,20H2,1-3H3,(H,25,27). The number of piperazine rings is 1. The first kappa shape index (κ1) is 24.7. The number of nitrogens with zero attached hydrogens (tertiary/aromatic N) is 5. The highest BCUT2D eigenvalue weighted by molar-refractivity contribution is 5.80. The van der Waals surface area contributed by atoms with E-state index in [0.717, 1.165) is 102 Å². The van der Waals surface area contributed by atoms with Gasteiger partial charge in [0.25, 0.3) is 0 Å². The molecule has 2 fully saturated rings. The predicted octanol–water partition coefficient (Wildman–Crippen LogP) is 2.21. The molecule has 0 spiro atoms. The summed E-state index contributed by atoms with van der Waals surface area (Å²) >= 11 is 0. The van der Waals surface area contributed by atoms with E-state index >= 15 is 0 Å². The van der Waals surface area contributed by atoms with Crippen molar-refractivity contribution in [1.82, 2.24) is 20.1 Å². The quantitative estimate of drug-likeness (QED) is 0.336. The molecule has 0 unspecified atom stereocenters. The third kappa shape index (κ3) is 7.60. The van der Waals surface area contributed by atoms with Crippen molar-refractivity contribution in [3.8, 4) is 0 Å². The van der Waals surface area contributed by atoms with Crippen LogP contribution in [0.5, 0.6) is 0 Å². The minimum atomic E-state index is 0.349. The second kappa shape index (κ2) is 13.6. The zero-order chi connectivity index (χ0) is 22.6.